The van der Waals surface area contributed by atoms with Gasteiger partial charge in [0.05, 0.1) is 0 Å². The molecule has 0 saturated carbocycles. The Morgan fingerprint density at radius 1 is 1.45 bits per heavy atom. The highest BCUT2D eigenvalue weighted by molar-refractivity contribution is 5.85. The molecule has 1 aliphatic rings. The zero-order chi connectivity index (χ0) is 6.69. The molecule has 2 nitrogen and oxygen atoms in total. The van der Waals surface area contributed by atoms with Crippen molar-refractivity contribution in [2.24, 2.45) is 0 Å². The monoisotopic (exact) mass is 200 g/mol. The summed E-state index contributed by atoms with van der Waals surface area (Å²) in [6.45, 7) is 2.43. The molecule has 1 fully saturated rings. The molecule has 0 radical (unpaired) electrons. The van der Waals surface area contributed by atoms with Gasteiger partial charge >= 0.3 is 0 Å². The van der Waals surface area contributed by atoms with Gasteiger partial charge in [0.15, 0.2) is 0 Å². The Hall–Kier alpha value is 0.500. The first-order valence-corrected chi connectivity index (χ1v) is 3.69. The van der Waals surface area contributed by atoms with Crippen LogP contribution in [0.25, 0.3) is 0 Å². The van der Waals surface area contributed by atoms with Crippen LogP contribution in [0.1, 0.15) is 12.8 Å². The van der Waals surface area contributed by atoms with Crippen LogP contribution in [-0.4, -0.2) is 38.1 Å². The second kappa shape index (κ2) is 7.17. The first-order valence-electron chi connectivity index (χ1n) is 3.69. The lowest BCUT2D eigenvalue weighted by Gasteiger charge is -2.18. The van der Waals surface area contributed by atoms with Crippen molar-refractivity contribution in [1.29, 1.82) is 0 Å². The predicted molar refractivity (Wildman–Crippen MR) is 54.1 cm³/mol. The van der Waals surface area contributed by atoms with E-state index in [1.165, 1.54) is 19.4 Å². The zero-order valence-electron chi connectivity index (χ0n) is 7.17. The number of halogens is 2. The van der Waals surface area contributed by atoms with E-state index in [1.54, 1.807) is 0 Å². The van der Waals surface area contributed by atoms with Crippen LogP contribution in [0.3, 0.4) is 0 Å². The third-order valence-corrected chi connectivity index (χ3v) is 2.11. The lowest BCUT2D eigenvalue weighted by Crippen LogP contribution is -2.33. The zero-order valence-corrected chi connectivity index (χ0v) is 8.80. The maximum absolute atomic E-state index is 3.20. The van der Waals surface area contributed by atoms with Crippen LogP contribution in [0.4, 0.5) is 0 Å². The minimum absolute atomic E-state index is 0. The van der Waals surface area contributed by atoms with Gasteiger partial charge in [-0.05, 0) is 33.5 Å². The van der Waals surface area contributed by atoms with E-state index >= 15 is 0 Å². The molecule has 70 valence electrons. The minimum atomic E-state index is 0. The van der Waals surface area contributed by atoms with Crippen LogP contribution in [0.5, 0.6) is 0 Å². The topological polar surface area (TPSA) is 15.3 Å². The molecule has 4 heteroatoms. The summed E-state index contributed by atoms with van der Waals surface area (Å²) < 4.78 is 0. The van der Waals surface area contributed by atoms with Crippen LogP contribution >= 0.6 is 24.8 Å². The first-order chi connectivity index (χ1) is 4.34. The van der Waals surface area contributed by atoms with Gasteiger partial charge < -0.3 is 10.2 Å². The number of likely N-dealkylation sites (N-methyl/N-ethyl adjacent to an activating group) is 2. The molecule has 0 aliphatic carbocycles. The standard InChI is InChI=1S/C7H16N2.2ClH/c1-8-6-7-4-3-5-9(7)2;;/h7-8H,3-6H2,1-2H3;2*1H/t7-;;/m1../s1. The van der Waals surface area contributed by atoms with Gasteiger partial charge in [0, 0.05) is 12.6 Å². The fraction of sp³-hybridized carbons (Fsp3) is 1.00. The molecule has 0 bridgehead atoms. The van der Waals surface area contributed by atoms with Gasteiger partial charge in [-0.2, -0.15) is 0 Å². The van der Waals surface area contributed by atoms with Crippen molar-refractivity contribution >= 4 is 24.8 Å². The Morgan fingerprint density at radius 3 is 2.45 bits per heavy atom. The fourth-order valence-corrected chi connectivity index (χ4v) is 1.47. The van der Waals surface area contributed by atoms with Gasteiger partial charge in [-0.25, -0.2) is 0 Å². The molecular formula is C7H18Cl2N2. The summed E-state index contributed by atoms with van der Waals surface area (Å²) in [5.74, 6) is 0. The smallest absolute Gasteiger partial charge is 0.0217 e. The Morgan fingerprint density at radius 2 is 2.09 bits per heavy atom. The second-order valence-corrected chi connectivity index (χ2v) is 2.83. The van der Waals surface area contributed by atoms with E-state index in [2.05, 4.69) is 17.3 Å². The summed E-state index contributed by atoms with van der Waals surface area (Å²) in [5.41, 5.74) is 0. The van der Waals surface area contributed by atoms with Gasteiger partial charge in [-0.3, -0.25) is 0 Å². The van der Waals surface area contributed by atoms with Crippen molar-refractivity contribution in [1.82, 2.24) is 10.2 Å². The molecule has 0 aromatic carbocycles. The Labute approximate surface area is 81.5 Å². The Bertz CT molecular complexity index is 90.5. The maximum atomic E-state index is 3.20. The number of rotatable bonds is 2. The SMILES string of the molecule is CNC[C@H]1CCCN1C.Cl.Cl. The number of hydrogen-bond acceptors (Lipinski definition) is 2. The van der Waals surface area contributed by atoms with Crippen molar-refractivity contribution in [2.75, 3.05) is 27.2 Å². The van der Waals surface area contributed by atoms with E-state index in [9.17, 15) is 0 Å². The minimum Gasteiger partial charge on any atom is -0.318 e. The second-order valence-electron chi connectivity index (χ2n) is 2.83. The molecule has 1 heterocycles. The van der Waals surface area contributed by atoms with E-state index < -0.39 is 0 Å². The highest BCUT2D eigenvalue weighted by Crippen LogP contribution is 2.12. The molecule has 0 aromatic heterocycles. The van der Waals surface area contributed by atoms with Crippen molar-refractivity contribution in [3.8, 4) is 0 Å². The summed E-state index contributed by atoms with van der Waals surface area (Å²) in [6, 6.07) is 0.801. The van der Waals surface area contributed by atoms with Gasteiger partial charge in [0.1, 0.15) is 0 Å². The summed E-state index contributed by atoms with van der Waals surface area (Å²) in [5, 5.41) is 3.20. The van der Waals surface area contributed by atoms with Crippen molar-refractivity contribution < 1.29 is 0 Å². The van der Waals surface area contributed by atoms with Crippen molar-refractivity contribution in [2.45, 2.75) is 18.9 Å². The highest BCUT2D eigenvalue weighted by Gasteiger charge is 2.18. The molecule has 0 spiro atoms. The van der Waals surface area contributed by atoms with Crippen LogP contribution in [0.15, 0.2) is 0 Å². The van der Waals surface area contributed by atoms with Gasteiger partial charge in [0.2, 0.25) is 0 Å². The summed E-state index contributed by atoms with van der Waals surface area (Å²) in [4.78, 5) is 2.43. The lowest BCUT2D eigenvalue weighted by atomic mass is 10.2. The molecule has 0 aromatic rings. The molecule has 11 heavy (non-hydrogen) atoms. The predicted octanol–water partition coefficient (Wildman–Crippen LogP) is 1.14. The van der Waals surface area contributed by atoms with E-state index in [1.807, 2.05) is 7.05 Å². The van der Waals surface area contributed by atoms with Crippen molar-refractivity contribution in [3.05, 3.63) is 0 Å². The van der Waals surface area contributed by atoms with Crippen LogP contribution in [0, 0.1) is 0 Å². The number of nitrogens with one attached hydrogen (secondary N) is 1. The summed E-state index contributed by atoms with van der Waals surface area (Å²) in [7, 11) is 4.22. The van der Waals surface area contributed by atoms with Crippen LogP contribution < -0.4 is 5.32 Å². The van der Waals surface area contributed by atoms with Crippen LogP contribution in [-0.2, 0) is 0 Å². The maximum Gasteiger partial charge on any atom is 0.0217 e. The van der Waals surface area contributed by atoms with Gasteiger partial charge in [0.25, 0.3) is 0 Å². The Balaban J connectivity index is 0. The van der Waals surface area contributed by atoms with Gasteiger partial charge in [-0.1, -0.05) is 0 Å². The molecule has 0 unspecified atom stereocenters. The molecule has 1 rings (SSSR count). The average Bonchev–Trinajstić information content (AvgIpc) is 2.18. The quantitative estimate of drug-likeness (QED) is 0.720. The molecule has 1 saturated heterocycles. The Kier molecular flexibility index (Phi) is 9.15. The van der Waals surface area contributed by atoms with E-state index in [0.29, 0.717) is 0 Å². The molecule has 1 aliphatic heterocycles. The molecule has 1 atom stereocenters. The normalized spacial score (nSPS) is 24.0. The van der Waals surface area contributed by atoms with E-state index in [-0.39, 0.29) is 24.8 Å². The van der Waals surface area contributed by atoms with E-state index in [0.717, 1.165) is 12.6 Å². The largest absolute Gasteiger partial charge is 0.318 e. The molecular weight excluding hydrogens is 183 g/mol. The fourth-order valence-electron chi connectivity index (χ4n) is 1.47. The highest BCUT2D eigenvalue weighted by atomic mass is 35.5. The van der Waals surface area contributed by atoms with Crippen LogP contribution in [0.2, 0.25) is 0 Å². The number of likely N-dealkylation sites (tertiary alicyclic amines) is 1. The molecule has 0 amide bonds. The van der Waals surface area contributed by atoms with Gasteiger partial charge in [-0.15, -0.1) is 24.8 Å². The molecule has 1 N–H and O–H groups in total. The van der Waals surface area contributed by atoms with Crippen molar-refractivity contribution in [3.63, 3.8) is 0 Å². The first kappa shape index (κ1) is 14.0. The summed E-state index contributed by atoms with van der Waals surface area (Å²) >= 11 is 0. The van der Waals surface area contributed by atoms with E-state index in [4.69, 9.17) is 0 Å². The number of nitrogens with zero attached hydrogens (tertiary/aromatic N) is 1. The summed E-state index contributed by atoms with van der Waals surface area (Å²) in [6.07, 6.45) is 2.75. The lowest BCUT2D eigenvalue weighted by molar-refractivity contribution is 0.305. The number of hydrogen-bond donors (Lipinski definition) is 1. The third kappa shape index (κ3) is 4.16. The third-order valence-electron chi connectivity index (χ3n) is 2.11. The average molecular weight is 201 g/mol.